The molecule has 0 atom stereocenters. The van der Waals surface area contributed by atoms with Crippen LogP contribution in [0.3, 0.4) is 0 Å². The van der Waals surface area contributed by atoms with Gasteiger partial charge in [-0.3, -0.25) is 0 Å². The summed E-state index contributed by atoms with van der Waals surface area (Å²) in [6, 6.07) is 6.82. The summed E-state index contributed by atoms with van der Waals surface area (Å²) in [5, 5.41) is 3.21. The Kier molecular flexibility index (Phi) is 5.44. The lowest BCUT2D eigenvalue weighted by Gasteiger charge is -2.33. The lowest BCUT2D eigenvalue weighted by molar-refractivity contribution is 0.222. The van der Waals surface area contributed by atoms with Crippen LogP contribution in [-0.2, 0) is 6.54 Å². The van der Waals surface area contributed by atoms with Gasteiger partial charge in [0, 0.05) is 25.8 Å². The number of benzene rings is 1. The Morgan fingerprint density at radius 1 is 1.30 bits per heavy atom. The number of rotatable bonds is 5. The minimum absolute atomic E-state index is 0.840. The summed E-state index contributed by atoms with van der Waals surface area (Å²) in [7, 11) is 6.46. The molecule has 3 nitrogen and oxygen atoms in total. The van der Waals surface area contributed by atoms with Gasteiger partial charge in [-0.15, -0.1) is 0 Å². The van der Waals surface area contributed by atoms with Crippen molar-refractivity contribution >= 4 is 5.69 Å². The maximum Gasteiger partial charge on any atom is 0.0393 e. The Morgan fingerprint density at radius 2 is 2.00 bits per heavy atom. The second-order valence-corrected chi connectivity index (χ2v) is 6.28. The predicted molar refractivity (Wildman–Crippen MR) is 87.4 cm³/mol. The van der Waals surface area contributed by atoms with Gasteiger partial charge < -0.3 is 15.1 Å². The topological polar surface area (TPSA) is 18.5 Å². The van der Waals surface area contributed by atoms with Gasteiger partial charge in [0.15, 0.2) is 0 Å². The molecule has 0 bridgehead atoms. The Balaban J connectivity index is 1.96. The van der Waals surface area contributed by atoms with E-state index in [1.54, 1.807) is 0 Å². The van der Waals surface area contributed by atoms with E-state index in [2.05, 4.69) is 54.3 Å². The van der Waals surface area contributed by atoms with E-state index in [1.165, 1.54) is 49.3 Å². The van der Waals surface area contributed by atoms with E-state index >= 15 is 0 Å². The minimum atomic E-state index is 0.840. The van der Waals surface area contributed by atoms with E-state index in [0.29, 0.717) is 0 Å². The molecule has 1 aromatic rings. The fourth-order valence-electron chi connectivity index (χ4n) is 3.19. The van der Waals surface area contributed by atoms with Crippen molar-refractivity contribution in [2.45, 2.75) is 26.3 Å². The van der Waals surface area contributed by atoms with Crippen molar-refractivity contribution in [3.05, 3.63) is 29.3 Å². The first kappa shape index (κ1) is 15.3. The van der Waals surface area contributed by atoms with Gasteiger partial charge in [-0.1, -0.05) is 12.1 Å². The molecule has 112 valence electrons. The third-order valence-electron chi connectivity index (χ3n) is 4.42. The van der Waals surface area contributed by atoms with Crippen molar-refractivity contribution in [3.63, 3.8) is 0 Å². The van der Waals surface area contributed by atoms with Crippen LogP contribution in [0.15, 0.2) is 18.2 Å². The molecule has 1 aliphatic heterocycles. The van der Waals surface area contributed by atoms with Crippen LogP contribution < -0.4 is 10.2 Å². The zero-order valence-electron chi connectivity index (χ0n) is 13.4. The summed E-state index contributed by atoms with van der Waals surface area (Å²) in [4.78, 5) is 4.88. The van der Waals surface area contributed by atoms with Crippen LogP contribution in [0, 0.1) is 12.8 Å². The smallest absolute Gasteiger partial charge is 0.0393 e. The molecular weight excluding hydrogens is 246 g/mol. The second-order valence-electron chi connectivity index (χ2n) is 6.28. The molecule has 0 radical (unpaired) electrons. The Bertz CT molecular complexity index is 422. The van der Waals surface area contributed by atoms with E-state index in [1.807, 2.05) is 7.05 Å². The SMILES string of the molecule is CNCc1ccc(N(C)CC2CCN(C)CC2)c(C)c1. The number of nitrogens with zero attached hydrogens (tertiary/aromatic N) is 2. The molecule has 0 aromatic heterocycles. The highest BCUT2D eigenvalue weighted by Gasteiger charge is 2.18. The van der Waals surface area contributed by atoms with E-state index in [0.717, 1.165) is 12.5 Å². The second kappa shape index (κ2) is 7.09. The van der Waals surface area contributed by atoms with Gasteiger partial charge in [0.05, 0.1) is 0 Å². The largest absolute Gasteiger partial charge is 0.374 e. The molecule has 1 fully saturated rings. The lowest BCUT2D eigenvalue weighted by Crippen LogP contribution is -2.35. The number of anilines is 1. The molecule has 1 aliphatic rings. The highest BCUT2D eigenvalue weighted by atomic mass is 15.1. The molecule has 1 heterocycles. The number of hydrogen-bond donors (Lipinski definition) is 1. The molecule has 2 rings (SSSR count). The fourth-order valence-corrected chi connectivity index (χ4v) is 3.19. The summed E-state index contributed by atoms with van der Waals surface area (Å²) in [6.07, 6.45) is 2.66. The number of piperidine rings is 1. The maximum atomic E-state index is 3.21. The Morgan fingerprint density at radius 3 is 2.60 bits per heavy atom. The average molecular weight is 275 g/mol. The molecule has 0 amide bonds. The van der Waals surface area contributed by atoms with Crippen LogP contribution in [0.1, 0.15) is 24.0 Å². The maximum absolute atomic E-state index is 3.21. The van der Waals surface area contributed by atoms with Crippen LogP contribution in [-0.4, -0.2) is 45.7 Å². The summed E-state index contributed by atoms with van der Waals surface area (Å²) >= 11 is 0. The van der Waals surface area contributed by atoms with Crippen molar-refractivity contribution in [2.75, 3.05) is 45.7 Å². The lowest BCUT2D eigenvalue weighted by atomic mass is 9.96. The quantitative estimate of drug-likeness (QED) is 0.891. The molecule has 3 heteroatoms. The number of hydrogen-bond acceptors (Lipinski definition) is 3. The molecule has 20 heavy (non-hydrogen) atoms. The number of nitrogens with one attached hydrogen (secondary N) is 1. The van der Waals surface area contributed by atoms with Gasteiger partial charge in [0.25, 0.3) is 0 Å². The first-order valence-corrected chi connectivity index (χ1v) is 7.74. The minimum Gasteiger partial charge on any atom is -0.374 e. The Labute approximate surface area is 124 Å². The highest BCUT2D eigenvalue weighted by Crippen LogP contribution is 2.24. The molecular formula is C17H29N3. The summed E-state index contributed by atoms with van der Waals surface area (Å²) < 4.78 is 0. The molecule has 0 saturated carbocycles. The molecule has 0 unspecified atom stereocenters. The van der Waals surface area contributed by atoms with E-state index < -0.39 is 0 Å². The number of likely N-dealkylation sites (tertiary alicyclic amines) is 1. The van der Waals surface area contributed by atoms with Crippen molar-refractivity contribution in [1.29, 1.82) is 0 Å². The van der Waals surface area contributed by atoms with Gasteiger partial charge >= 0.3 is 0 Å². The van der Waals surface area contributed by atoms with Gasteiger partial charge in [0.2, 0.25) is 0 Å². The van der Waals surface area contributed by atoms with Gasteiger partial charge in [-0.25, -0.2) is 0 Å². The van der Waals surface area contributed by atoms with Gasteiger partial charge in [-0.2, -0.15) is 0 Å². The summed E-state index contributed by atoms with van der Waals surface area (Å²) in [6.45, 7) is 6.84. The third-order valence-corrected chi connectivity index (χ3v) is 4.42. The van der Waals surface area contributed by atoms with Crippen LogP contribution in [0.5, 0.6) is 0 Å². The predicted octanol–water partition coefficient (Wildman–Crippen LogP) is 2.49. The van der Waals surface area contributed by atoms with Gasteiger partial charge in [-0.05, 0) is 70.1 Å². The number of aryl methyl sites for hydroxylation is 1. The zero-order valence-corrected chi connectivity index (χ0v) is 13.4. The van der Waals surface area contributed by atoms with Crippen LogP contribution >= 0.6 is 0 Å². The van der Waals surface area contributed by atoms with E-state index in [4.69, 9.17) is 0 Å². The van der Waals surface area contributed by atoms with Crippen LogP contribution in [0.2, 0.25) is 0 Å². The summed E-state index contributed by atoms with van der Waals surface area (Å²) in [5.41, 5.74) is 4.12. The molecule has 0 aliphatic carbocycles. The van der Waals surface area contributed by atoms with E-state index in [9.17, 15) is 0 Å². The van der Waals surface area contributed by atoms with Crippen molar-refractivity contribution in [3.8, 4) is 0 Å². The first-order chi connectivity index (χ1) is 9.60. The Hall–Kier alpha value is -1.06. The zero-order chi connectivity index (χ0) is 14.5. The normalized spacial score (nSPS) is 17.4. The molecule has 0 spiro atoms. The third kappa shape index (κ3) is 3.97. The first-order valence-electron chi connectivity index (χ1n) is 7.74. The molecule has 1 N–H and O–H groups in total. The van der Waals surface area contributed by atoms with Crippen LogP contribution in [0.25, 0.3) is 0 Å². The fraction of sp³-hybridized carbons (Fsp3) is 0.647. The monoisotopic (exact) mass is 275 g/mol. The van der Waals surface area contributed by atoms with E-state index in [-0.39, 0.29) is 0 Å². The van der Waals surface area contributed by atoms with Crippen LogP contribution in [0.4, 0.5) is 5.69 Å². The summed E-state index contributed by atoms with van der Waals surface area (Å²) in [5.74, 6) is 0.840. The standard InChI is InChI=1S/C17H29N3/c1-14-11-16(12-18-2)5-6-17(14)20(4)13-15-7-9-19(3)10-8-15/h5-6,11,15,18H,7-10,12-13H2,1-4H3. The average Bonchev–Trinajstić information content (AvgIpc) is 2.42. The van der Waals surface area contributed by atoms with Crippen molar-refractivity contribution in [1.82, 2.24) is 10.2 Å². The molecule has 1 aromatic carbocycles. The molecule has 1 saturated heterocycles. The van der Waals surface area contributed by atoms with Crippen molar-refractivity contribution in [2.24, 2.45) is 5.92 Å². The van der Waals surface area contributed by atoms with Crippen molar-refractivity contribution < 1.29 is 0 Å². The van der Waals surface area contributed by atoms with Gasteiger partial charge in [0.1, 0.15) is 0 Å². The highest BCUT2D eigenvalue weighted by molar-refractivity contribution is 5.54.